The number of nitrogens with one attached hydrogen (secondary N) is 2. The third kappa shape index (κ3) is 4.88. The highest BCUT2D eigenvalue weighted by molar-refractivity contribution is 7.92. The molecule has 0 spiro atoms. The Kier molecular flexibility index (Phi) is 6.81. The molecule has 34 heavy (non-hydrogen) atoms. The van der Waals surface area contributed by atoms with Crippen LogP contribution in [0.1, 0.15) is 35.2 Å². The Morgan fingerprint density at radius 2 is 1.94 bits per heavy atom. The van der Waals surface area contributed by atoms with Crippen LogP contribution in [-0.4, -0.2) is 64.1 Å². The summed E-state index contributed by atoms with van der Waals surface area (Å²) < 4.78 is 40.4. The van der Waals surface area contributed by atoms with E-state index in [1.807, 2.05) is 0 Å². The van der Waals surface area contributed by atoms with E-state index >= 15 is 0 Å². The maximum atomic E-state index is 13.3. The molecule has 2 amide bonds. The Balaban J connectivity index is 1.56. The number of benzene rings is 2. The standard InChI is InChI=1S/C24H29N3O6S/c1-15-6-4-5-7-22(15)34(30,31)26-16-8-11-20-18(12-16)24(29)27(3)19-10-9-17(13-23(28)25-2)33-21(19)14-32-20/h4-8,11-12,17,19,21,26H,9-10,13-14H2,1-3H3,(H,25,28)/t17-,19-,21-/m0/s1. The maximum absolute atomic E-state index is 13.3. The summed E-state index contributed by atoms with van der Waals surface area (Å²) in [5.41, 5.74) is 1.17. The minimum Gasteiger partial charge on any atom is -0.490 e. The van der Waals surface area contributed by atoms with E-state index < -0.39 is 10.0 Å². The third-order valence-electron chi connectivity index (χ3n) is 6.34. The van der Waals surface area contributed by atoms with Crippen LogP contribution in [0, 0.1) is 6.92 Å². The highest BCUT2D eigenvalue weighted by Gasteiger charge is 2.39. The summed E-state index contributed by atoms with van der Waals surface area (Å²) in [6.07, 6.45) is 0.982. The lowest BCUT2D eigenvalue weighted by molar-refractivity contribution is -0.133. The number of aryl methyl sites for hydroxylation is 1. The minimum atomic E-state index is -3.82. The van der Waals surface area contributed by atoms with E-state index in [-0.39, 0.29) is 59.2 Å². The highest BCUT2D eigenvalue weighted by Crippen LogP contribution is 2.33. The van der Waals surface area contributed by atoms with Crippen molar-refractivity contribution in [3.05, 3.63) is 53.6 Å². The van der Waals surface area contributed by atoms with Gasteiger partial charge in [-0.25, -0.2) is 8.42 Å². The maximum Gasteiger partial charge on any atom is 0.262 e. The zero-order chi connectivity index (χ0) is 24.5. The first-order valence-corrected chi connectivity index (χ1v) is 12.7. The molecule has 2 aliphatic rings. The van der Waals surface area contributed by atoms with Crippen molar-refractivity contribution in [1.29, 1.82) is 0 Å². The Bertz CT molecular complexity index is 1200. The van der Waals surface area contributed by atoms with Crippen molar-refractivity contribution in [2.24, 2.45) is 0 Å². The first kappa shape index (κ1) is 24.0. The van der Waals surface area contributed by atoms with Crippen molar-refractivity contribution >= 4 is 27.5 Å². The first-order chi connectivity index (χ1) is 16.2. The molecule has 2 aromatic rings. The molecule has 1 saturated heterocycles. The summed E-state index contributed by atoms with van der Waals surface area (Å²) in [7, 11) is -0.525. The third-order valence-corrected chi connectivity index (χ3v) is 7.88. The molecular formula is C24H29N3O6S. The SMILES string of the molecule is CNC(=O)C[C@@H]1CC[C@H]2[C@H](COc3ccc(NS(=O)(=O)c4ccccc4C)cc3C(=O)N2C)O1. The lowest BCUT2D eigenvalue weighted by Crippen LogP contribution is -2.53. The molecule has 2 heterocycles. The van der Waals surface area contributed by atoms with Gasteiger partial charge in [-0.05, 0) is 49.6 Å². The monoisotopic (exact) mass is 487 g/mol. The number of sulfonamides is 1. The number of likely N-dealkylation sites (N-methyl/N-ethyl adjacent to an activating group) is 1. The summed E-state index contributed by atoms with van der Waals surface area (Å²) in [6, 6.07) is 11.1. The van der Waals surface area contributed by atoms with Gasteiger partial charge in [0, 0.05) is 19.8 Å². The van der Waals surface area contributed by atoms with E-state index in [1.54, 1.807) is 56.3 Å². The quantitative estimate of drug-likeness (QED) is 0.669. The molecule has 0 unspecified atom stereocenters. The van der Waals surface area contributed by atoms with E-state index in [1.165, 1.54) is 12.1 Å². The molecule has 9 nitrogen and oxygen atoms in total. The molecule has 2 N–H and O–H groups in total. The van der Waals surface area contributed by atoms with Crippen LogP contribution in [0.15, 0.2) is 47.4 Å². The van der Waals surface area contributed by atoms with Gasteiger partial charge in [0.25, 0.3) is 15.9 Å². The Hall–Kier alpha value is -3.11. The Morgan fingerprint density at radius 1 is 1.18 bits per heavy atom. The molecule has 1 fully saturated rings. The normalized spacial score (nSPS) is 22.5. The first-order valence-electron chi connectivity index (χ1n) is 11.2. The summed E-state index contributed by atoms with van der Waals surface area (Å²) >= 11 is 0. The van der Waals surface area contributed by atoms with Crippen molar-refractivity contribution in [3.8, 4) is 5.75 Å². The molecule has 0 radical (unpaired) electrons. The van der Waals surface area contributed by atoms with Crippen LogP contribution in [0.25, 0.3) is 0 Å². The van der Waals surface area contributed by atoms with E-state index in [0.717, 1.165) is 0 Å². The molecule has 2 aliphatic heterocycles. The van der Waals surface area contributed by atoms with Gasteiger partial charge in [-0.3, -0.25) is 14.3 Å². The fourth-order valence-electron chi connectivity index (χ4n) is 4.47. The second-order valence-corrected chi connectivity index (χ2v) is 10.3. The number of hydrogen-bond acceptors (Lipinski definition) is 6. The van der Waals surface area contributed by atoms with Gasteiger partial charge in [0.15, 0.2) is 0 Å². The number of nitrogens with zero attached hydrogens (tertiary/aromatic N) is 1. The Labute approximate surface area is 199 Å². The zero-order valence-corrected chi connectivity index (χ0v) is 20.2. The van der Waals surface area contributed by atoms with Gasteiger partial charge in [-0.15, -0.1) is 0 Å². The van der Waals surface area contributed by atoms with Crippen LogP contribution in [0.5, 0.6) is 5.75 Å². The van der Waals surface area contributed by atoms with Crippen LogP contribution in [0.4, 0.5) is 5.69 Å². The van der Waals surface area contributed by atoms with Crippen molar-refractivity contribution in [3.63, 3.8) is 0 Å². The smallest absolute Gasteiger partial charge is 0.262 e. The Morgan fingerprint density at radius 3 is 2.68 bits per heavy atom. The second kappa shape index (κ2) is 9.63. The van der Waals surface area contributed by atoms with Gasteiger partial charge in [0.05, 0.1) is 29.0 Å². The fourth-order valence-corrected chi connectivity index (χ4v) is 5.76. The summed E-state index contributed by atoms with van der Waals surface area (Å²) in [5, 5.41) is 2.61. The number of amides is 2. The molecule has 2 aromatic carbocycles. The lowest BCUT2D eigenvalue weighted by atomic mass is 9.94. The molecule has 4 rings (SSSR count). The molecule has 10 heteroatoms. The van der Waals surface area contributed by atoms with Crippen molar-refractivity contribution in [2.45, 2.75) is 49.3 Å². The average Bonchev–Trinajstić information content (AvgIpc) is 2.81. The van der Waals surface area contributed by atoms with Crippen LogP contribution < -0.4 is 14.8 Å². The number of fused-ring (bicyclic) bond motifs is 2. The van der Waals surface area contributed by atoms with Crippen LogP contribution in [0.3, 0.4) is 0 Å². The predicted octanol–water partition coefficient (Wildman–Crippen LogP) is 2.31. The van der Waals surface area contributed by atoms with Gasteiger partial charge in [-0.1, -0.05) is 18.2 Å². The molecule has 0 saturated carbocycles. The van der Waals surface area contributed by atoms with E-state index in [9.17, 15) is 18.0 Å². The largest absolute Gasteiger partial charge is 0.490 e. The lowest BCUT2D eigenvalue weighted by Gasteiger charge is -2.42. The van der Waals surface area contributed by atoms with Crippen LogP contribution in [-0.2, 0) is 19.6 Å². The van der Waals surface area contributed by atoms with E-state index in [4.69, 9.17) is 9.47 Å². The average molecular weight is 488 g/mol. The van der Waals surface area contributed by atoms with Crippen LogP contribution >= 0.6 is 0 Å². The van der Waals surface area contributed by atoms with Crippen molar-refractivity contribution in [2.75, 3.05) is 25.4 Å². The summed E-state index contributed by atoms with van der Waals surface area (Å²) in [6.45, 7) is 1.94. The van der Waals surface area contributed by atoms with Crippen molar-refractivity contribution < 1.29 is 27.5 Å². The van der Waals surface area contributed by atoms with Gasteiger partial charge >= 0.3 is 0 Å². The van der Waals surface area contributed by atoms with Gasteiger partial charge < -0.3 is 19.7 Å². The molecule has 0 aromatic heterocycles. The molecular weight excluding hydrogens is 458 g/mol. The van der Waals surface area contributed by atoms with E-state index in [2.05, 4.69) is 10.0 Å². The van der Waals surface area contributed by atoms with Gasteiger partial charge in [-0.2, -0.15) is 0 Å². The van der Waals surface area contributed by atoms with Gasteiger partial charge in [0.2, 0.25) is 5.91 Å². The number of carbonyl (C=O) groups is 2. The van der Waals surface area contributed by atoms with Crippen molar-refractivity contribution in [1.82, 2.24) is 10.2 Å². The number of hydrogen-bond donors (Lipinski definition) is 2. The summed E-state index contributed by atoms with van der Waals surface area (Å²) in [5.74, 6) is -0.0215. The number of rotatable bonds is 5. The fraction of sp³-hybridized carbons (Fsp3) is 0.417. The topological polar surface area (TPSA) is 114 Å². The van der Waals surface area contributed by atoms with Crippen LogP contribution in [0.2, 0.25) is 0 Å². The molecule has 0 bridgehead atoms. The number of ether oxygens (including phenoxy) is 2. The number of carbonyl (C=O) groups excluding carboxylic acids is 2. The molecule has 0 aliphatic carbocycles. The number of anilines is 1. The summed E-state index contributed by atoms with van der Waals surface area (Å²) in [4.78, 5) is 26.9. The van der Waals surface area contributed by atoms with Gasteiger partial charge in [0.1, 0.15) is 18.5 Å². The highest BCUT2D eigenvalue weighted by atomic mass is 32.2. The predicted molar refractivity (Wildman–Crippen MR) is 126 cm³/mol. The molecule has 182 valence electrons. The zero-order valence-electron chi connectivity index (χ0n) is 19.4. The molecule has 3 atom stereocenters. The van der Waals surface area contributed by atoms with E-state index in [0.29, 0.717) is 24.2 Å². The second-order valence-electron chi connectivity index (χ2n) is 8.63. The minimum absolute atomic E-state index is 0.0920.